The summed E-state index contributed by atoms with van der Waals surface area (Å²) in [6.45, 7) is 1.48. The number of amidine groups is 1. The zero-order valence-electron chi connectivity index (χ0n) is 11.0. The SMILES string of the molecule is CCOC(=O)CN1C(=O)C2C(=NC=[N+]2C)N(C)C1=O. The van der Waals surface area contributed by atoms with E-state index in [1.807, 2.05) is 0 Å². The molecule has 2 rings (SSSR count). The van der Waals surface area contributed by atoms with E-state index in [1.54, 1.807) is 18.5 Å². The fourth-order valence-corrected chi connectivity index (χ4v) is 2.03. The number of nitrogens with zero attached hydrogens (tertiary/aromatic N) is 4. The fraction of sp³-hybridized carbons (Fsp3) is 0.545. The van der Waals surface area contributed by atoms with Gasteiger partial charge in [-0.2, -0.15) is 0 Å². The zero-order chi connectivity index (χ0) is 14.2. The molecule has 0 aromatic rings. The van der Waals surface area contributed by atoms with Gasteiger partial charge in [0.15, 0.2) is 0 Å². The molecule has 0 spiro atoms. The molecule has 1 unspecified atom stereocenters. The molecule has 0 N–H and O–H groups in total. The zero-order valence-corrected chi connectivity index (χ0v) is 11.0. The van der Waals surface area contributed by atoms with E-state index in [4.69, 9.17) is 4.74 Å². The second-order valence-electron chi connectivity index (χ2n) is 4.24. The van der Waals surface area contributed by atoms with Gasteiger partial charge in [-0.05, 0) is 11.9 Å². The van der Waals surface area contributed by atoms with Crippen molar-refractivity contribution in [2.75, 3.05) is 27.2 Å². The van der Waals surface area contributed by atoms with Crippen molar-refractivity contribution in [1.29, 1.82) is 0 Å². The number of esters is 1. The number of likely N-dealkylation sites (N-methyl/N-ethyl adjacent to an activating group) is 2. The number of carbonyl (C=O) groups excluding carboxylic acids is 3. The highest BCUT2D eigenvalue weighted by Gasteiger charge is 2.51. The summed E-state index contributed by atoms with van der Waals surface area (Å²) < 4.78 is 6.36. The topological polar surface area (TPSA) is 82.3 Å². The maximum Gasteiger partial charge on any atom is 0.334 e. The molecule has 2 aliphatic rings. The molecule has 2 heterocycles. The number of hydrogen-bond donors (Lipinski definition) is 0. The molecule has 8 nitrogen and oxygen atoms in total. The maximum absolute atomic E-state index is 12.2. The lowest BCUT2D eigenvalue weighted by Crippen LogP contribution is -2.63. The van der Waals surface area contributed by atoms with E-state index >= 15 is 0 Å². The third-order valence-electron chi connectivity index (χ3n) is 2.98. The molecule has 0 aromatic carbocycles. The maximum atomic E-state index is 12.2. The van der Waals surface area contributed by atoms with Crippen molar-refractivity contribution in [2.45, 2.75) is 13.0 Å². The Bertz CT molecular complexity index is 511. The van der Waals surface area contributed by atoms with Crippen molar-refractivity contribution in [3.63, 3.8) is 0 Å². The van der Waals surface area contributed by atoms with E-state index < -0.39 is 23.9 Å². The standard InChI is InChI=1S/C11H15N4O4/c1-4-19-7(16)5-15-10(17)8-9(12-6-13(8)2)14(3)11(15)18/h6,8H,4-5H2,1-3H3/q+1. The molecule has 1 atom stereocenters. The van der Waals surface area contributed by atoms with Gasteiger partial charge in [0.2, 0.25) is 0 Å². The van der Waals surface area contributed by atoms with Crippen LogP contribution in [-0.4, -0.2) is 77.7 Å². The first-order chi connectivity index (χ1) is 8.97. The second kappa shape index (κ2) is 4.79. The summed E-state index contributed by atoms with van der Waals surface area (Å²) in [4.78, 5) is 41.9. The summed E-state index contributed by atoms with van der Waals surface area (Å²) in [5, 5.41) is 0. The minimum Gasteiger partial charge on any atom is -0.465 e. The number of hydrogen-bond acceptors (Lipinski definition) is 5. The van der Waals surface area contributed by atoms with Crippen molar-refractivity contribution in [3.8, 4) is 0 Å². The summed E-state index contributed by atoms with van der Waals surface area (Å²) in [5.41, 5.74) is 0. The van der Waals surface area contributed by atoms with E-state index in [9.17, 15) is 14.4 Å². The highest BCUT2D eigenvalue weighted by molar-refractivity contribution is 6.22. The number of ether oxygens (including phenoxy) is 1. The lowest BCUT2D eigenvalue weighted by atomic mass is 10.1. The molecule has 0 saturated carbocycles. The average Bonchev–Trinajstić information content (AvgIpc) is 2.74. The van der Waals surface area contributed by atoms with E-state index in [2.05, 4.69) is 4.99 Å². The summed E-state index contributed by atoms with van der Waals surface area (Å²) >= 11 is 0. The minimum absolute atomic E-state index is 0.203. The number of urea groups is 1. The van der Waals surface area contributed by atoms with Gasteiger partial charge >= 0.3 is 12.0 Å². The largest absolute Gasteiger partial charge is 0.465 e. The van der Waals surface area contributed by atoms with Gasteiger partial charge in [-0.25, -0.2) is 14.3 Å². The normalized spacial score (nSPS) is 22.2. The second-order valence-corrected chi connectivity index (χ2v) is 4.24. The van der Waals surface area contributed by atoms with Crippen molar-refractivity contribution >= 4 is 30.1 Å². The molecule has 8 heteroatoms. The van der Waals surface area contributed by atoms with Gasteiger partial charge < -0.3 is 4.74 Å². The third kappa shape index (κ3) is 2.09. The van der Waals surface area contributed by atoms with Crippen LogP contribution in [0.25, 0.3) is 0 Å². The molecular formula is C11H15N4O4+. The van der Waals surface area contributed by atoms with Crippen LogP contribution in [0.1, 0.15) is 6.92 Å². The molecule has 3 amide bonds. The average molecular weight is 267 g/mol. The molecular weight excluding hydrogens is 252 g/mol. The van der Waals surface area contributed by atoms with Crippen molar-refractivity contribution < 1.29 is 23.7 Å². The molecule has 102 valence electrons. The summed E-state index contributed by atoms with van der Waals surface area (Å²) in [5.74, 6) is -0.702. The monoisotopic (exact) mass is 267 g/mol. The van der Waals surface area contributed by atoms with Gasteiger partial charge in [0.1, 0.15) is 6.54 Å². The van der Waals surface area contributed by atoms with E-state index in [0.717, 1.165) is 4.90 Å². The van der Waals surface area contributed by atoms with Crippen LogP contribution >= 0.6 is 0 Å². The smallest absolute Gasteiger partial charge is 0.334 e. The van der Waals surface area contributed by atoms with Crippen molar-refractivity contribution in [3.05, 3.63) is 0 Å². The Hall–Kier alpha value is -2.25. The molecule has 0 aliphatic carbocycles. The Labute approximate surface area is 109 Å². The number of amides is 3. The Balaban J connectivity index is 2.23. The van der Waals surface area contributed by atoms with Gasteiger partial charge in [-0.15, -0.1) is 0 Å². The molecule has 0 aromatic heterocycles. The van der Waals surface area contributed by atoms with Crippen LogP contribution in [0, 0.1) is 0 Å². The van der Waals surface area contributed by atoms with Crippen LogP contribution in [0.15, 0.2) is 4.99 Å². The predicted molar refractivity (Wildman–Crippen MR) is 65.0 cm³/mol. The van der Waals surface area contributed by atoms with Crippen LogP contribution in [-0.2, 0) is 14.3 Å². The van der Waals surface area contributed by atoms with Gasteiger partial charge in [-0.1, -0.05) is 0 Å². The predicted octanol–water partition coefficient (Wildman–Crippen LogP) is -1.11. The molecule has 19 heavy (non-hydrogen) atoms. The number of aliphatic imine (C=N–C) groups is 1. The highest BCUT2D eigenvalue weighted by Crippen LogP contribution is 2.16. The van der Waals surface area contributed by atoms with Crippen LogP contribution in [0.2, 0.25) is 0 Å². The Morgan fingerprint density at radius 2 is 2.21 bits per heavy atom. The molecule has 0 bridgehead atoms. The minimum atomic E-state index is -0.655. The first-order valence-electron chi connectivity index (χ1n) is 5.85. The molecule has 2 aliphatic heterocycles. The molecule has 1 saturated heterocycles. The number of rotatable bonds is 3. The third-order valence-corrected chi connectivity index (χ3v) is 2.98. The van der Waals surface area contributed by atoms with Gasteiger partial charge in [0.25, 0.3) is 24.1 Å². The van der Waals surface area contributed by atoms with Gasteiger partial charge in [-0.3, -0.25) is 14.5 Å². The Morgan fingerprint density at radius 1 is 1.53 bits per heavy atom. The molecule has 1 fully saturated rings. The van der Waals surface area contributed by atoms with E-state index in [1.165, 1.54) is 18.3 Å². The van der Waals surface area contributed by atoms with Crippen molar-refractivity contribution in [1.82, 2.24) is 9.80 Å². The van der Waals surface area contributed by atoms with E-state index in [-0.39, 0.29) is 13.2 Å². The van der Waals surface area contributed by atoms with E-state index in [0.29, 0.717) is 5.84 Å². The fourth-order valence-electron chi connectivity index (χ4n) is 2.03. The lowest BCUT2D eigenvalue weighted by molar-refractivity contribution is -0.500. The Kier molecular flexibility index (Phi) is 3.32. The number of carbonyl (C=O) groups is 3. The summed E-state index contributed by atoms with van der Waals surface area (Å²) in [6, 6.07) is -1.23. The molecule has 0 radical (unpaired) electrons. The first kappa shape index (κ1) is 13.2. The van der Waals surface area contributed by atoms with Crippen LogP contribution in [0.5, 0.6) is 0 Å². The lowest BCUT2D eigenvalue weighted by Gasteiger charge is -2.31. The number of imide groups is 1. The van der Waals surface area contributed by atoms with Crippen molar-refractivity contribution in [2.24, 2.45) is 4.99 Å². The quantitative estimate of drug-likeness (QED) is 0.480. The van der Waals surface area contributed by atoms with Crippen LogP contribution in [0.3, 0.4) is 0 Å². The van der Waals surface area contributed by atoms with Gasteiger partial charge in [0.05, 0.1) is 13.7 Å². The number of fused-ring (bicyclic) bond motifs is 1. The highest BCUT2D eigenvalue weighted by atomic mass is 16.5. The van der Waals surface area contributed by atoms with Gasteiger partial charge in [0, 0.05) is 7.05 Å². The van der Waals surface area contributed by atoms with Crippen LogP contribution < -0.4 is 0 Å². The van der Waals surface area contributed by atoms with Crippen LogP contribution in [0.4, 0.5) is 4.79 Å². The first-order valence-corrected chi connectivity index (χ1v) is 5.85. The Morgan fingerprint density at radius 3 is 2.84 bits per heavy atom. The summed E-state index contributed by atoms with van der Waals surface area (Å²) in [6.07, 6.45) is 1.48. The summed E-state index contributed by atoms with van der Waals surface area (Å²) in [7, 11) is 3.21.